The van der Waals surface area contributed by atoms with Crippen LogP contribution in [0.5, 0.6) is 0 Å². The van der Waals surface area contributed by atoms with E-state index in [2.05, 4.69) is 13.5 Å². The Labute approximate surface area is 108 Å². The molecule has 100 valence electrons. The van der Waals surface area contributed by atoms with Gasteiger partial charge < -0.3 is 9.84 Å². The van der Waals surface area contributed by atoms with Crippen LogP contribution in [0, 0.1) is 23.2 Å². The number of hydrogen-bond acceptors (Lipinski definition) is 3. The maximum Gasteiger partial charge on any atom is 0.334 e. The molecule has 1 aliphatic heterocycles. The summed E-state index contributed by atoms with van der Waals surface area (Å²) in [7, 11) is 0. The predicted molar refractivity (Wildman–Crippen MR) is 67.7 cm³/mol. The average molecular weight is 250 g/mol. The van der Waals surface area contributed by atoms with Gasteiger partial charge in [0.1, 0.15) is 6.10 Å². The number of fused-ring (bicyclic) bond motifs is 2. The van der Waals surface area contributed by atoms with E-state index in [0.717, 1.165) is 25.7 Å². The molecule has 3 nitrogen and oxygen atoms in total. The molecular formula is C15H22O3. The molecule has 18 heavy (non-hydrogen) atoms. The molecule has 0 aromatic rings. The first-order valence-electron chi connectivity index (χ1n) is 7.01. The second-order valence-electron chi connectivity index (χ2n) is 6.66. The van der Waals surface area contributed by atoms with E-state index in [0.29, 0.717) is 22.8 Å². The molecule has 3 aliphatic rings. The Morgan fingerprint density at radius 1 is 1.61 bits per heavy atom. The fourth-order valence-electron chi connectivity index (χ4n) is 4.31. The third kappa shape index (κ3) is 1.63. The Hall–Kier alpha value is -0.830. The molecule has 0 bridgehead atoms. The van der Waals surface area contributed by atoms with Crippen LogP contribution in [0.4, 0.5) is 0 Å². The summed E-state index contributed by atoms with van der Waals surface area (Å²) in [5.41, 5.74) is 1.02. The van der Waals surface area contributed by atoms with Gasteiger partial charge in [0.05, 0.1) is 6.10 Å². The maximum atomic E-state index is 11.5. The molecule has 3 fully saturated rings. The zero-order chi connectivity index (χ0) is 13.1. The highest BCUT2D eigenvalue weighted by molar-refractivity contribution is 5.90. The van der Waals surface area contributed by atoms with Crippen LogP contribution in [-0.2, 0) is 9.53 Å². The predicted octanol–water partition coefficient (Wildman–Crippen LogP) is 2.29. The lowest BCUT2D eigenvalue weighted by Gasteiger charge is -2.27. The van der Waals surface area contributed by atoms with Gasteiger partial charge in [-0.25, -0.2) is 4.79 Å². The van der Waals surface area contributed by atoms with E-state index in [1.54, 1.807) is 0 Å². The van der Waals surface area contributed by atoms with Crippen molar-refractivity contribution in [3.63, 3.8) is 0 Å². The minimum atomic E-state index is -0.205. The summed E-state index contributed by atoms with van der Waals surface area (Å²) >= 11 is 0. The van der Waals surface area contributed by atoms with E-state index in [9.17, 15) is 9.90 Å². The number of carbonyl (C=O) groups is 1. The quantitative estimate of drug-likeness (QED) is 0.617. The Morgan fingerprint density at radius 2 is 2.33 bits per heavy atom. The molecular weight excluding hydrogens is 228 g/mol. The monoisotopic (exact) mass is 250 g/mol. The fourth-order valence-corrected chi connectivity index (χ4v) is 4.31. The lowest BCUT2D eigenvalue weighted by molar-refractivity contribution is -0.140. The normalized spacial score (nSPS) is 47.3. The lowest BCUT2D eigenvalue weighted by Crippen LogP contribution is -2.26. The third-order valence-corrected chi connectivity index (χ3v) is 5.53. The first kappa shape index (κ1) is 12.2. The van der Waals surface area contributed by atoms with Crippen LogP contribution >= 0.6 is 0 Å². The van der Waals surface area contributed by atoms with E-state index in [1.807, 2.05) is 6.92 Å². The summed E-state index contributed by atoms with van der Waals surface area (Å²) < 4.78 is 5.43. The largest absolute Gasteiger partial charge is 0.458 e. The first-order chi connectivity index (χ1) is 8.43. The molecule has 0 unspecified atom stereocenters. The van der Waals surface area contributed by atoms with Crippen molar-refractivity contribution in [1.82, 2.24) is 0 Å². The van der Waals surface area contributed by atoms with E-state index >= 15 is 0 Å². The van der Waals surface area contributed by atoms with Crippen molar-refractivity contribution in [1.29, 1.82) is 0 Å². The molecule has 1 heterocycles. The number of hydrogen-bond donors (Lipinski definition) is 1. The number of aliphatic hydroxyl groups excluding tert-OH is 1. The average Bonchev–Trinajstić information content (AvgIpc) is 2.77. The summed E-state index contributed by atoms with van der Waals surface area (Å²) in [4.78, 5) is 11.5. The summed E-state index contributed by atoms with van der Waals surface area (Å²) in [6.07, 6.45) is 3.88. The molecule has 2 saturated carbocycles. The van der Waals surface area contributed by atoms with Gasteiger partial charge in [-0.15, -0.1) is 0 Å². The van der Waals surface area contributed by atoms with Gasteiger partial charge in [0.2, 0.25) is 0 Å². The molecule has 0 radical (unpaired) electrons. The van der Waals surface area contributed by atoms with Gasteiger partial charge in [-0.05, 0) is 49.9 Å². The van der Waals surface area contributed by atoms with Gasteiger partial charge in [-0.1, -0.05) is 13.5 Å². The van der Waals surface area contributed by atoms with E-state index in [-0.39, 0.29) is 24.1 Å². The van der Waals surface area contributed by atoms with Crippen molar-refractivity contribution in [3.8, 4) is 0 Å². The number of aliphatic hydroxyl groups is 1. The van der Waals surface area contributed by atoms with Gasteiger partial charge in [-0.3, -0.25) is 0 Å². The topological polar surface area (TPSA) is 46.5 Å². The Balaban J connectivity index is 1.67. The van der Waals surface area contributed by atoms with Crippen LogP contribution in [0.25, 0.3) is 0 Å². The van der Waals surface area contributed by atoms with Crippen molar-refractivity contribution >= 4 is 5.97 Å². The summed E-state index contributed by atoms with van der Waals surface area (Å²) in [5, 5.41) is 9.40. The molecule has 6 atom stereocenters. The van der Waals surface area contributed by atoms with Crippen LogP contribution in [-0.4, -0.2) is 23.3 Å². The second kappa shape index (κ2) is 3.83. The van der Waals surface area contributed by atoms with E-state index < -0.39 is 0 Å². The zero-order valence-corrected chi connectivity index (χ0v) is 11.2. The highest BCUT2D eigenvalue weighted by Crippen LogP contribution is 2.70. The SMILES string of the molecule is C=C1C(=O)O[C@@H]2C[C@@]3(C)[C@@H](CC[C@H](C)O)[C@@H]3C[C@H]12. The van der Waals surface area contributed by atoms with Gasteiger partial charge >= 0.3 is 5.97 Å². The minimum absolute atomic E-state index is 0.0720. The van der Waals surface area contributed by atoms with Crippen LogP contribution < -0.4 is 0 Å². The van der Waals surface area contributed by atoms with Crippen molar-refractivity contribution in [3.05, 3.63) is 12.2 Å². The lowest BCUT2D eigenvalue weighted by atomic mass is 9.79. The van der Waals surface area contributed by atoms with Gasteiger partial charge in [0.25, 0.3) is 0 Å². The van der Waals surface area contributed by atoms with E-state index in [1.165, 1.54) is 0 Å². The van der Waals surface area contributed by atoms with Crippen LogP contribution in [0.1, 0.15) is 39.5 Å². The fraction of sp³-hybridized carbons (Fsp3) is 0.800. The summed E-state index contributed by atoms with van der Waals surface area (Å²) in [5.74, 6) is 1.47. The van der Waals surface area contributed by atoms with Gasteiger partial charge in [0, 0.05) is 11.5 Å². The minimum Gasteiger partial charge on any atom is -0.458 e. The molecule has 1 N–H and O–H groups in total. The first-order valence-corrected chi connectivity index (χ1v) is 7.01. The van der Waals surface area contributed by atoms with Gasteiger partial charge in [0.15, 0.2) is 0 Å². The number of esters is 1. The van der Waals surface area contributed by atoms with Crippen molar-refractivity contribution in [2.75, 3.05) is 0 Å². The molecule has 0 aromatic carbocycles. The van der Waals surface area contributed by atoms with Crippen LogP contribution in [0.15, 0.2) is 12.2 Å². The van der Waals surface area contributed by atoms with Crippen molar-refractivity contribution in [2.45, 2.75) is 51.7 Å². The smallest absolute Gasteiger partial charge is 0.334 e. The highest BCUT2D eigenvalue weighted by Gasteiger charge is 2.66. The Kier molecular flexibility index (Phi) is 2.60. The van der Waals surface area contributed by atoms with Crippen molar-refractivity contribution in [2.24, 2.45) is 23.2 Å². The van der Waals surface area contributed by atoms with Crippen LogP contribution in [0.3, 0.4) is 0 Å². The molecule has 2 aliphatic carbocycles. The summed E-state index contributed by atoms with van der Waals surface area (Å²) in [6, 6.07) is 0. The second-order valence-corrected chi connectivity index (χ2v) is 6.66. The molecule has 0 aromatic heterocycles. The van der Waals surface area contributed by atoms with Gasteiger partial charge in [-0.2, -0.15) is 0 Å². The zero-order valence-electron chi connectivity index (χ0n) is 11.2. The molecule has 3 rings (SSSR count). The number of carbonyl (C=O) groups excluding carboxylic acids is 1. The molecule has 1 saturated heterocycles. The highest BCUT2D eigenvalue weighted by atomic mass is 16.6. The number of rotatable bonds is 3. The third-order valence-electron chi connectivity index (χ3n) is 5.53. The van der Waals surface area contributed by atoms with E-state index in [4.69, 9.17) is 4.74 Å². The summed E-state index contributed by atoms with van der Waals surface area (Å²) in [6.45, 7) is 8.05. The Morgan fingerprint density at radius 3 is 3.00 bits per heavy atom. The standard InChI is InChI=1S/C15H22O3/c1-8(16)4-5-11-12-6-10-9(2)14(17)18-13(10)7-15(11,12)3/h8,10-13,16H,2,4-7H2,1,3H3/t8-,10+,11-,12-,13+,15-/m0/s1. The van der Waals surface area contributed by atoms with Crippen LogP contribution in [0.2, 0.25) is 0 Å². The maximum absolute atomic E-state index is 11.5. The number of ether oxygens (including phenoxy) is 1. The Bertz CT molecular complexity index is 401. The molecule has 0 spiro atoms. The molecule has 3 heteroatoms. The molecule has 0 amide bonds. The van der Waals surface area contributed by atoms with Crippen molar-refractivity contribution < 1.29 is 14.6 Å².